The van der Waals surface area contributed by atoms with Crippen LogP contribution in [0.2, 0.25) is 5.02 Å². The Labute approximate surface area is 234 Å². The number of anilines is 2. The zero-order chi connectivity index (χ0) is 29.4. The molecule has 0 bridgehead atoms. The van der Waals surface area contributed by atoms with Crippen LogP contribution in [0.25, 0.3) is 10.8 Å². The maximum Gasteiger partial charge on any atom is 0.423 e. The van der Waals surface area contributed by atoms with E-state index in [9.17, 15) is 36.6 Å². The lowest BCUT2D eigenvalue weighted by molar-refractivity contribution is -0.258. The number of halogens is 6. The Bertz CT molecular complexity index is 1790. The van der Waals surface area contributed by atoms with Crippen molar-refractivity contribution in [1.29, 1.82) is 0 Å². The largest absolute Gasteiger partial charge is 0.423 e. The zero-order valence-corrected chi connectivity index (χ0v) is 21.8. The molecule has 210 valence electrons. The molecule has 6 rings (SSSR count). The van der Waals surface area contributed by atoms with Crippen molar-refractivity contribution in [3.05, 3.63) is 105 Å². The molecule has 2 aliphatic rings. The molecule has 0 radical (unpaired) electrons. The summed E-state index contributed by atoms with van der Waals surface area (Å²) in [5.74, 6) is -2.16. The first-order valence-corrected chi connectivity index (χ1v) is 12.7. The molecule has 2 aliphatic heterocycles. The molecule has 3 amide bonds. The van der Waals surface area contributed by atoms with Gasteiger partial charge in [-0.15, -0.1) is 0 Å². The van der Waals surface area contributed by atoms with Crippen LogP contribution in [0.15, 0.2) is 60.7 Å². The van der Waals surface area contributed by atoms with Crippen LogP contribution in [-0.2, 0) is 5.60 Å². The molecule has 3 N–H and O–H groups in total. The summed E-state index contributed by atoms with van der Waals surface area (Å²) in [7, 11) is 0. The second kappa shape index (κ2) is 9.15. The van der Waals surface area contributed by atoms with Gasteiger partial charge in [0.1, 0.15) is 11.6 Å². The molecule has 0 fully saturated rings. The van der Waals surface area contributed by atoms with E-state index in [1.165, 1.54) is 6.07 Å². The quantitative estimate of drug-likeness (QED) is 0.228. The van der Waals surface area contributed by atoms with Crippen LogP contribution in [0.1, 0.15) is 38.7 Å². The molecule has 0 saturated heterocycles. The number of nitrogens with zero attached hydrogens (tertiary/aromatic N) is 1. The van der Waals surface area contributed by atoms with E-state index in [1.807, 2.05) is 0 Å². The third-order valence-electron chi connectivity index (χ3n) is 7.54. The molecule has 0 aromatic heterocycles. The maximum absolute atomic E-state index is 14.2. The highest BCUT2D eigenvalue weighted by Gasteiger charge is 2.61. The molecule has 0 saturated carbocycles. The van der Waals surface area contributed by atoms with Gasteiger partial charge >= 0.3 is 12.2 Å². The summed E-state index contributed by atoms with van der Waals surface area (Å²) in [6.07, 6.45) is -5.22. The predicted molar refractivity (Wildman–Crippen MR) is 142 cm³/mol. The fraction of sp³-hybridized carbons (Fsp3) is 0.172. The van der Waals surface area contributed by atoms with Crippen molar-refractivity contribution in [3.8, 4) is 0 Å². The second-order valence-corrected chi connectivity index (χ2v) is 10.4. The first kappa shape index (κ1) is 27.0. The molecule has 4 aromatic rings. The van der Waals surface area contributed by atoms with Gasteiger partial charge in [0.2, 0.25) is 5.60 Å². The normalized spacial score (nSPS) is 19.8. The molecule has 12 heteroatoms. The smallest absolute Gasteiger partial charge is 0.375 e. The van der Waals surface area contributed by atoms with Gasteiger partial charge in [-0.1, -0.05) is 29.8 Å². The number of carbonyl (C=O) groups excluding carboxylic acids is 2. The number of aryl methyl sites for hydroxylation is 1. The Morgan fingerprint density at radius 2 is 1.78 bits per heavy atom. The SMILES string of the molecule is Cc1cccc2c3c(c(NC(=O)N4CC(O)(C(F)(F)F)c5cc(F)ccc54)cc12)C(c1cc(F)ccc1Cl)NC3=O. The number of nitrogens with one attached hydrogen (secondary N) is 2. The van der Waals surface area contributed by atoms with E-state index in [2.05, 4.69) is 10.6 Å². The lowest BCUT2D eigenvalue weighted by Gasteiger charge is -2.27. The number of amides is 3. The fourth-order valence-corrected chi connectivity index (χ4v) is 5.79. The van der Waals surface area contributed by atoms with Gasteiger partial charge in [0, 0.05) is 27.4 Å². The van der Waals surface area contributed by atoms with Crippen molar-refractivity contribution >= 4 is 45.7 Å². The van der Waals surface area contributed by atoms with Crippen LogP contribution in [-0.4, -0.2) is 29.8 Å². The Balaban J connectivity index is 1.51. The van der Waals surface area contributed by atoms with Gasteiger partial charge in [-0.3, -0.25) is 9.69 Å². The number of hydrogen-bond donors (Lipinski definition) is 3. The molecule has 4 aromatic carbocycles. The summed E-state index contributed by atoms with van der Waals surface area (Å²) < 4.78 is 70.0. The Morgan fingerprint density at radius 1 is 1.07 bits per heavy atom. The fourth-order valence-electron chi connectivity index (χ4n) is 5.56. The highest BCUT2D eigenvalue weighted by Crippen LogP contribution is 2.49. The van der Waals surface area contributed by atoms with Crippen LogP contribution in [0, 0.1) is 18.6 Å². The van der Waals surface area contributed by atoms with Crippen LogP contribution in [0.5, 0.6) is 0 Å². The lowest BCUT2D eigenvalue weighted by Crippen LogP contribution is -2.48. The van der Waals surface area contributed by atoms with Gasteiger partial charge in [-0.25, -0.2) is 13.6 Å². The van der Waals surface area contributed by atoms with Crippen molar-refractivity contribution in [2.24, 2.45) is 0 Å². The Morgan fingerprint density at radius 3 is 2.51 bits per heavy atom. The van der Waals surface area contributed by atoms with Gasteiger partial charge in [-0.2, -0.15) is 13.2 Å². The molecule has 6 nitrogen and oxygen atoms in total. The van der Waals surface area contributed by atoms with Gasteiger partial charge in [0.05, 0.1) is 23.8 Å². The van der Waals surface area contributed by atoms with Crippen molar-refractivity contribution in [3.63, 3.8) is 0 Å². The molecular weight excluding hydrogens is 569 g/mol. The highest BCUT2D eigenvalue weighted by molar-refractivity contribution is 6.31. The van der Waals surface area contributed by atoms with Crippen LogP contribution in [0.4, 0.5) is 38.1 Å². The Hall–Kier alpha value is -4.22. The van der Waals surface area contributed by atoms with Crippen molar-refractivity contribution in [2.75, 3.05) is 16.8 Å². The minimum atomic E-state index is -5.22. The van der Waals surface area contributed by atoms with Crippen LogP contribution < -0.4 is 15.5 Å². The number of rotatable bonds is 2. The molecule has 0 aliphatic carbocycles. The number of alkyl halides is 3. The Kier molecular flexibility index (Phi) is 6.02. The van der Waals surface area contributed by atoms with Gasteiger partial charge in [0.15, 0.2) is 0 Å². The summed E-state index contributed by atoms with van der Waals surface area (Å²) in [4.78, 5) is 27.5. The molecule has 2 heterocycles. The standard InChI is InChI=1S/C29H19ClF5N3O3/c1-13-3-2-4-16-17(13)11-21(24-23(16)26(39)37-25(24)18-9-14(31)5-7-20(18)30)36-27(40)38-12-28(41,29(33,34)35)19-10-15(32)6-8-22(19)38/h2-11,25,41H,12H2,1H3,(H,36,40)(H,37,39). The highest BCUT2D eigenvalue weighted by atomic mass is 35.5. The summed E-state index contributed by atoms with van der Waals surface area (Å²) in [6.45, 7) is 0.551. The first-order valence-electron chi connectivity index (χ1n) is 12.3. The van der Waals surface area contributed by atoms with E-state index in [-0.39, 0.29) is 33.1 Å². The monoisotopic (exact) mass is 587 g/mol. The summed E-state index contributed by atoms with van der Waals surface area (Å²) in [5, 5.41) is 17.2. The first-order chi connectivity index (χ1) is 19.3. The van der Waals surface area contributed by atoms with Gasteiger partial charge < -0.3 is 15.7 Å². The average molecular weight is 588 g/mol. The summed E-state index contributed by atoms with van der Waals surface area (Å²) in [6, 6.07) is 10.7. The number of benzene rings is 4. The molecule has 0 spiro atoms. The van der Waals surface area contributed by atoms with Crippen molar-refractivity contribution in [1.82, 2.24) is 5.32 Å². The number of fused-ring (bicyclic) bond motifs is 4. The maximum atomic E-state index is 14.2. The van der Waals surface area contributed by atoms with Crippen LogP contribution >= 0.6 is 11.6 Å². The number of β-amino-alcohol motifs (C(OH)–C–C–N with tert-alkyl or cyclic N) is 1. The van der Waals surface area contributed by atoms with E-state index in [1.54, 1.807) is 31.2 Å². The third-order valence-corrected chi connectivity index (χ3v) is 7.88. The predicted octanol–water partition coefficient (Wildman–Crippen LogP) is 6.71. The van der Waals surface area contributed by atoms with Crippen LogP contribution in [0.3, 0.4) is 0 Å². The number of aliphatic hydroxyl groups is 1. The molecule has 41 heavy (non-hydrogen) atoms. The van der Waals surface area contributed by atoms with E-state index in [4.69, 9.17) is 11.6 Å². The van der Waals surface area contributed by atoms with E-state index in [0.717, 1.165) is 29.8 Å². The lowest BCUT2D eigenvalue weighted by atomic mass is 9.91. The summed E-state index contributed by atoms with van der Waals surface area (Å²) >= 11 is 6.36. The van der Waals surface area contributed by atoms with Crippen molar-refractivity contribution in [2.45, 2.75) is 24.7 Å². The van der Waals surface area contributed by atoms with Gasteiger partial charge in [-0.05, 0) is 65.7 Å². The molecule has 2 atom stereocenters. The third kappa shape index (κ3) is 4.10. The van der Waals surface area contributed by atoms with Gasteiger partial charge in [0.25, 0.3) is 5.91 Å². The number of hydrogen-bond acceptors (Lipinski definition) is 3. The zero-order valence-electron chi connectivity index (χ0n) is 21.0. The minimum Gasteiger partial charge on any atom is -0.375 e. The second-order valence-electron chi connectivity index (χ2n) is 9.99. The molecular formula is C29H19ClF5N3O3. The number of carbonyl (C=O) groups is 2. The topological polar surface area (TPSA) is 81.7 Å². The summed E-state index contributed by atoms with van der Waals surface area (Å²) in [5.41, 5.74) is -3.23. The number of urea groups is 1. The van der Waals surface area contributed by atoms with E-state index in [0.29, 0.717) is 21.7 Å². The molecule has 2 unspecified atom stereocenters. The van der Waals surface area contributed by atoms with Crippen molar-refractivity contribution < 1.29 is 36.6 Å². The van der Waals surface area contributed by atoms with E-state index >= 15 is 0 Å². The minimum absolute atomic E-state index is 0.0570. The average Bonchev–Trinajstić information content (AvgIpc) is 3.41. The van der Waals surface area contributed by atoms with E-state index < -0.39 is 53.5 Å².